The Morgan fingerprint density at radius 3 is 2.74 bits per heavy atom. The van der Waals surface area contributed by atoms with Gasteiger partial charge in [0.1, 0.15) is 11.9 Å². The number of ether oxygens (including phenoxy) is 1. The smallest absolute Gasteiger partial charge is 0.269 e. The highest BCUT2D eigenvalue weighted by atomic mass is 16.6. The van der Waals surface area contributed by atoms with Gasteiger partial charge in [-0.1, -0.05) is 6.92 Å². The van der Waals surface area contributed by atoms with Gasteiger partial charge in [-0.05, 0) is 12.1 Å². The van der Waals surface area contributed by atoms with Gasteiger partial charge in [0.2, 0.25) is 5.91 Å². The van der Waals surface area contributed by atoms with E-state index in [1.807, 2.05) is 6.92 Å². The van der Waals surface area contributed by atoms with Crippen LogP contribution >= 0.6 is 0 Å². The normalized spacial score (nSPS) is 18.4. The number of hydrogen-bond donors (Lipinski definition) is 0. The van der Waals surface area contributed by atoms with Crippen LogP contribution in [0.15, 0.2) is 24.3 Å². The van der Waals surface area contributed by atoms with Gasteiger partial charge in [0.05, 0.1) is 11.5 Å². The van der Waals surface area contributed by atoms with E-state index < -0.39 is 4.92 Å². The lowest BCUT2D eigenvalue weighted by Gasteiger charge is -2.16. The van der Waals surface area contributed by atoms with Crippen molar-refractivity contribution in [1.82, 2.24) is 4.90 Å². The van der Waals surface area contributed by atoms with Crippen LogP contribution in [0.1, 0.15) is 19.8 Å². The maximum Gasteiger partial charge on any atom is 0.269 e. The van der Waals surface area contributed by atoms with E-state index >= 15 is 0 Å². The molecule has 0 aromatic heterocycles. The van der Waals surface area contributed by atoms with Gasteiger partial charge in [-0.15, -0.1) is 0 Å². The quantitative estimate of drug-likeness (QED) is 0.615. The predicted octanol–water partition coefficient (Wildman–Crippen LogP) is 1.98. The minimum absolute atomic E-state index is 0.0306. The molecule has 1 atom stereocenters. The molecule has 0 N–H and O–H groups in total. The van der Waals surface area contributed by atoms with E-state index in [9.17, 15) is 14.9 Å². The number of likely N-dealkylation sites (tertiary alicyclic amines) is 1. The molecule has 0 aliphatic carbocycles. The Hall–Kier alpha value is -2.11. The second-order valence-corrected chi connectivity index (χ2v) is 4.47. The van der Waals surface area contributed by atoms with Crippen LogP contribution in [0, 0.1) is 10.1 Å². The first-order chi connectivity index (χ1) is 9.10. The van der Waals surface area contributed by atoms with E-state index in [0.717, 1.165) is 6.42 Å². The molecule has 1 saturated heterocycles. The van der Waals surface area contributed by atoms with Gasteiger partial charge in [-0.25, -0.2) is 0 Å². The largest absolute Gasteiger partial charge is 0.489 e. The molecular formula is C13H16N2O4. The molecule has 0 radical (unpaired) electrons. The number of carbonyl (C=O) groups is 1. The number of amides is 1. The zero-order valence-corrected chi connectivity index (χ0v) is 10.7. The Labute approximate surface area is 111 Å². The van der Waals surface area contributed by atoms with Gasteiger partial charge in [0.25, 0.3) is 5.69 Å². The molecule has 1 fully saturated rings. The number of rotatable bonds is 4. The van der Waals surface area contributed by atoms with Crippen molar-refractivity contribution in [3.63, 3.8) is 0 Å². The molecule has 1 aromatic carbocycles. The summed E-state index contributed by atoms with van der Waals surface area (Å²) in [7, 11) is 0. The first-order valence-electron chi connectivity index (χ1n) is 6.29. The van der Waals surface area contributed by atoms with Crippen molar-refractivity contribution in [1.29, 1.82) is 0 Å². The molecule has 1 unspecified atom stereocenters. The minimum atomic E-state index is -0.443. The number of nitro groups is 1. The van der Waals surface area contributed by atoms with Crippen LogP contribution in [0.5, 0.6) is 5.75 Å². The molecule has 102 valence electrons. The van der Waals surface area contributed by atoms with Gasteiger partial charge < -0.3 is 9.64 Å². The Bertz CT molecular complexity index is 472. The van der Waals surface area contributed by atoms with Crippen molar-refractivity contribution >= 4 is 11.6 Å². The molecule has 0 saturated carbocycles. The molecule has 1 heterocycles. The summed E-state index contributed by atoms with van der Waals surface area (Å²) in [6.45, 7) is 3.14. The summed E-state index contributed by atoms with van der Waals surface area (Å²) in [5.74, 6) is 0.733. The summed E-state index contributed by atoms with van der Waals surface area (Å²) in [6.07, 6.45) is 1.27. The summed E-state index contributed by atoms with van der Waals surface area (Å²) in [5, 5.41) is 10.5. The summed E-state index contributed by atoms with van der Waals surface area (Å²) in [6, 6.07) is 6.00. The van der Waals surface area contributed by atoms with Crippen molar-refractivity contribution in [3.8, 4) is 5.75 Å². The summed E-state index contributed by atoms with van der Waals surface area (Å²) in [4.78, 5) is 23.4. The Balaban J connectivity index is 1.92. The molecular weight excluding hydrogens is 248 g/mol. The van der Waals surface area contributed by atoms with Crippen LogP contribution < -0.4 is 4.74 Å². The van der Waals surface area contributed by atoms with Gasteiger partial charge >= 0.3 is 0 Å². The molecule has 1 amide bonds. The van der Waals surface area contributed by atoms with E-state index in [4.69, 9.17) is 4.74 Å². The molecule has 1 aliphatic rings. The SMILES string of the molecule is CCC(=O)N1CCC(Oc2ccc([N+](=O)[O-])cc2)C1. The van der Waals surface area contributed by atoms with Gasteiger partial charge in [0, 0.05) is 31.5 Å². The fraction of sp³-hybridized carbons (Fsp3) is 0.462. The monoisotopic (exact) mass is 264 g/mol. The number of nitro benzene ring substituents is 1. The first-order valence-corrected chi connectivity index (χ1v) is 6.29. The molecule has 1 aromatic rings. The maximum absolute atomic E-state index is 11.5. The van der Waals surface area contributed by atoms with Gasteiger partial charge in [0.15, 0.2) is 0 Å². The van der Waals surface area contributed by atoms with Crippen LogP contribution in [0.3, 0.4) is 0 Å². The molecule has 6 nitrogen and oxygen atoms in total. The average Bonchev–Trinajstić information content (AvgIpc) is 2.87. The Morgan fingerprint density at radius 1 is 1.47 bits per heavy atom. The minimum Gasteiger partial charge on any atom is -0.489 e. The van der Waals surface area contributed by atoms with Gasteiger partial charge in [-0.3, -0.25) is 14.9 Å². The van der Waals surface area contributed by atoms with Crippen LogP contribution in [0.4, 0.5) is 5.69 Å². The van der Waals surface area contributed by atoms with E-state index in [1.54, 1.807) is 17.0 Å². The van der Waals surface area contributed by atoms with Crippen molar-refractivity contribution < 1.29 is 14.5 Å². The van der Waals surface area contributed by atoms with Crippen LogP contribution in [-0.4, -0.2) is 34.9 Å². The highest BCUT2D eigenvalue weighted by Crippen LogP contribution is 2.21. The fourth-order valence-electron chi connectivity index (χ4n) is 2.11. The van der Waals surface area contributed by atoms with Crippen molar-refractivity contribution in [2.45, 2.75) is 25.9 Å². The summed E-state index contributed by atoms with van der Waals surface area (Å²) in [5.41, 5.74) is 0.0431. The lowest BCUT2D eigenvalue weighted by atomic mass is 10.3. The number of non-ortho nitro benzene ring substituents is 1. The Morgan fingerprint density at radius 2 is 2.16 bits per heavy atom. The average molecular weight is 264 g/mol. The first kappa shape index (κ1) is 13.3. The zero-order valence-electron chi connectivity index (χ0n) is 10.7. The molecule has 2 rings (SSSR count). The molecule has 0 spiro atoms. The second kappa shape index (κ2) is 5.69. The molecule has 6 heteroatoms. The van der Waals surface area contributed by atoms with Crippen LogP contribution in [-0.2, 0) is 4.79 Å². The third kappa shape index (κ3) is 3.21. The lowest BCUT2D eigenvalue weighted by molar-refractivity contribution is -0.384. The highest BCUT2D eigenvalue weighted by Gasteiger charge is 2.26. The second-order valence-electron chi connectivity index (χ2n) is 4.47. The van der Waals surface area contributed by atoms with E-state index in [0.29, 0.717) is 25.3 Å². The highest BCUT2D eigenvalue weighted by molar-refractivity contribution is 5.76. The van der Waals surface area contributed by atoms with Crippen molar-refractivity contribution in [2.75, 3.05) is 13.1 Å². The number of benzene rings is 1. The molecule has 19 heavy (non-hydrogen) atoms. The zero-order chi connectivity index (χ0) is 13.8. The van der Waals surface area contributed by atoms with E-state index in [2.05, 4.69) is 0 Å². The maximum atomic E-state index is 11.5. The van der Waals surface area contributed by atoms with Crippen LogP contribution in [0.2, 0.25) is 0 Å². The topological polar surface area (TPSA) is 72.7 Å². The van der Waals surface area contributed by atoms with Crippen LogP contribution in [0.25, 0.3) is 0 Å². The Kier molecular flexibility index (Phi) is 3.99. The standard InChI is InChI=1S/C13H16N2O4/c1-2-13(16)14-8-7-12(9-14)19-11-5-3-10(4-6-11)15(17)18/h3-6,12H,2,7-9H2,1H3. The fourth-order valence-corrected chi connectivity index (χ4v) is 2.11. The summed E-state index contributed by atoms with van der Waals surface area (Å²) < 4.78 is 5.72. The third-order valence-electron chi connectivity index (χ3n) is 3.15. The number of hydrogen-bond acceptors (Lipinski definition) is 4. The predicted molar refractivity (Wildman–Crippen MR) is 69.0 cm³/mol. The summed E-state index contributed by atoms with van der Waals surface area (Å²) >= 11 is 0. The lowest BCUT2D eigenvalue weighted by Crippen LogP contribution is -2.30. The van der Waals surface area contributed by atoms with Gasteiger partial charge in [-0.2, -0.15) is 0 Å². The van der Waals surface area contributed by atoms with E-state index in [-0.39, 0.29) is 17.7 Å². The number of carbonyl (C=O) groups excluding carboxylic acids is 1. The van der Waals surface area contributed by atoms with Crippen molar-refractivity contribution in [2.24, 2.45) is 0 Å². The molecule has 0 bridgehead atoms. The number of nitrogens with zero attached hydrogens (tertiary/aromatic N) is 2. The van der Waals surface area contributed by atoms with Crippen molar-refractivity contribution in [3.05, 3.63) is 34.4 Å². The van der Waals surface area contributed by atoms with E-state index in [1.165, 1.54) is 12.1 Å². The third-order valence-corrected chi connectivity index (χ3v) is 3.15. The molecule has 1 aliphatic heterocycles.